The van der Waals surface area contributed by atoms with E-state index in [0.717, 1.165) is 5.56 Å². The number of fused-ring (bicyclic) bond motifs is 1. The number of nitrogens with one attached hydrogen (secondary N) is 1. The third-order valence-corrected chi connectivity index (χ3v) is 4.70. The van der Waals surface area contributed by atoms with Crippen LogP contribution in [-0.4, -0.2) is 18.4 Å². The van der Waals surface area contributed by atoms with Crippen LogP contribution in [0.4, 0.5) is 11.4 Å². The molecule has 1 aliphatic heterocycles. The summed E-state index contributed by atoms with van der Waals surface area (Å²) in [5, 5.41) is 3.42. The quantitative estimate of drug-likeness (QED) is 0.710. The Bertz CT molecular complexity index is 1020. The molecule has 0 fully saturated rings. The van der Waals surface area contributed by atoms with Crippen molar-refractivity contribution < 1.29 is 14.3 Å². The first-order valence-electron chi connectivity index (χ1n) is 8.78. The Morgan fingerprint density at radius 1 is 1.04 bits per heavy atom. The summed E-state index contributed by atoms with van der Waals surface area (Å²) in [6.07, 6.45) is 0. The number of hydrogen-bond donors (Lipinski definition) is 1. The fourth-order valence-corrected chi connectivity index (χ4v) is 3.15. The van der Waals surface area contributed by atoms with Crippen molar-refractivity contribution >= 4 is 34.8 Å². The van der Waals surface area contributed by atoms with Crippen LogP contribution >= 0.6 is 11.6 Å². The van der Waals surface area contributed by atoms with E-state index in [0.29, 0.717) is 34.3 Å². The summed E-state index contributed by atoms with van der Waals surface area (Å²) in [7, 11) is 0. The molecule has 3 aromatic carbocycles. The standard InChI is InChI=1S/C22H17ClN2O3/c23-17-7-9-18(10-8-17)24-22(27)16-6-11-20-19(12-16)25(21(26)14-28-20)13-15-4-2-1-3-5-15/h1-12H,13-14H2,(H,24,27). The average molecular weight is 393 g/mol. The van der Waals surface area contributed by atoms with Crippen LogP contribution in [0.3, 0.4) is 0 Å². The van der Waals surface area contributed by atoms with Gasteiger partial charge in [-0.15, -0.1) is 0 Å². The molecule has 1 heterocycles. The molecule has 0 saturated carbocycles. The van der Waals surface area contributed by atoms with Crippen molar-refractivity contribution in [2.24, 2.45) is 0 Å². The van der Waals surface area contributed by atoms with E-state index in [2.05, 4.69) is 5.32 Å². The van der Waals surface area contributed by atoms with E-state index < -0.39 is 0 Å². The molecular weight excluding hydrogens is 376 g/mol. The minimum absolute atomic E-state index is 0.0177. The maximum atomic E-state index is 12.6. The molecule has 1 aliphatic rings. The monoisotopic (exact) mass is 392 g/mol. The number of nitrogens with zero attached hydrogens (tertiary/aromatic N) is 1. The predicted molar refractivity (Wildman–Crippen MR) is 109 cm³/mol. The third-order valence-electron chi connectivity index (χ3n) is 4.45. The molecule has 2 amide bonds. The minimum Gasteiger partial charge on any atom is -0.482 e. The van der Waals surface area contributed by atoms with E-state index in [1.807, 2.05) is 30.3 Å². The zero-order valence-corrected chi connectivity index (χ0v) is 15.6. The van der Waals surface area contributed by atoms with Gasteiger partial charge in [0.2, 0.25) is 0 Å². The average Bonchev–Trinajstić information content (AvgIpc) is 2.72. The summed E-state index contributed by atoms with van der Waals surface area (Å²) < 4.78 is 5.53. The first-order chi connectivity index (χ1) is 13.6. The van der Waals surface area contributed by atoms with Crippen molar-refractivity contribution in [3.05, 3.63) is 88.9 Å². The summed E-state index contributed by atoms with van der Waals surface area (Å²) in [6.45, 7) is 0.397. The molecule has 0 unspecified atom stereocenters. The fourth-order valence-electron chi connectivity index (χ4n) is 3.02. The highest BCUT2D eigenvalue weighted by atomic mass is 35.5. The van der Waals surface area contributed by atoms with Gasteiger partial charge < -0.3 is 15.0 Å². The highest BCUT2D eigenvalue weighted by Gasteiger charge is 2.26. The van der Waals surface area contributed by atoms with E-state index in [9.17, 15) is 9.59 Å². The summed E-state index contributed by atoms with van der Waals surface area (Å²) in [4.78, 5) is 26.7. The Kier molecular flexibility index (Phi) is 5.00. The van der Waals surface area contributed by atoms with Crippen molar-refractivity contribution in [3.8, 4) is 5.75 Å². The minimum atomic E-state index is -0.275. The maximum Gasteiger partial charge on any atom is 0.265 e. The van der Waals surface area contributed by atoms with Crippen molar-refractivity contribution in [3.63, 3.8) is 0 Å². The second-order valence-corrected chi connectivity index (χ2v) is 6.83. The van der Waals surface area contributed by atoms with Gasteiger partial charge in [0.05, 0.1) is 12.2 Å². The summed E-state index contributed by atoms with van der Waals surface area (Å²) >= 11 is 5.88. The molecule has 0 aromatic heterocycles. The molecule has 4 rings (SSSR count). The van der Waals surface area contributed by atoms with Crippen molar-refractivity contribution in [1.29, 1.82) is 0 Å². The Balaban J connectivity index is 1.61. The molecule has 0 atom stereocenters. The fraction of sp³-hybridized carbons (Fsp3) is 0.0909. The van der Waals surface area contributed by atoms with Crippen molar-refractivity contribution in [1.82, 2.24) is 0 Å². The lowest BCUT2D eigenvalue weighted by atomic mass is 10.1. The van der Waals surface area contributed by atoms with Gasteiger partial charge in [-0.1, -0.05) is 41.9 Å². The molecule has 0 saturated heterocycles. The summed E-state index contributed by atoms with van der Waals surface area (Å²) in [5.74, 6) is 0.160. The first kappa shape index (κ1) is 18.1. The Labute approximate surface area is 167 Å². The highest BCUT2D eigenvalue weighted by Crippen LogP contribution is 2.34. The van der Waals surface area contributed by atoms with Gasteiger partial charge in [0.1, 0.15) is 5.75 Å². The second kappa shape index (κ2) is 7.74. The molecule has 5 nitrogen and oxygen atoms in total. The van der Waals surface area contributed by atoms with Gasteiger partial charge in [-0.3, -0.25) is 9.59 Å². The van der Waals surface area contributed by atoms with Crippen LogP contribution < -0.4 is 15.0 Å². The number of amides is 2. The van der Waals surface area contributed by atoms with Gasteiger partial charge >= 0.3 is 0 Å². The second-order valence-electron chi connectivity index (χ2n) is 6.40. The number of carbonyl (C=O) groups excluding carboxylic acids is 2. The van der Waals surface area contributed by atoms with Crippen molar-refractivity contribution in [2.45, 2.75) is 6.54 Å². The van der Waals surface area contributed by atoms with Gasteiger partial charge in [-0.25, -0.2) is 0 Å². The molecule has 0 radical (unpaired) electrons. The number of anilines is 2. The lowest BCUT2D eigenvalue weighted by molar-refractivity contribution is -0.121. The number of halogens is 1. The number of hydrogen-bond acceptors (Lipinski definition) is 3. The van der Waals surface area contributed by atoms with Gasteiger partial charge in [0, 0.05) is 16.3 Å². The van der Waals surface area contributed by atoms with E-state index in [1.165, 1.54) is 0 Å². The Hall–Kier alpha value is -3.31. The Morgan fingerprint density at radius 2 is 1.79 bits per heavy atom. The predicted octanol–water partition coefficient (Wildman–Crippen LogP) is 4.52. The topological polar surface area (TPSA) is 58.6 Å². The van der Waals surface area contributed by atoms with Crippen molar-refractivity contribution in [2.75, 3.05) is 16.8 Å². The molecule has 0 spiro atoms. The third kappa shape index (κ3) is 3.85. The smallest absolute Gasteiger partial charge is 0.265 e. The summed E-state index contributed by atoms with van der Waals surface area (Å²) in [6, 6.07) is 21.7. The number of ether oxygens (including phenoxy) is 1. The normalized spacial score (nSPS) is 12.9. The Morgan fingerprint density at radius 3 is 2.54 bits per heavy atom. The summed E-state index contributed by atoms with van der Waals surface area (Å²) in [5.41, 5.74) is 2.66. The van der Waals surface area contributed by atoms with Crippen LogP contribution in [-0.2, 0) is 11.3 Å². The van der Waals surface area contributed by atoms with Gasteiger partial charge in [-0.2, -0.15) is 0 Å². The molecule has 0 bridgehead atoms. The zero-order chi connectivity index (χ0) is 19.5. The van der Waals surface area contributed by atoms with Gasteiger partial charge in [-0.05, 0) is 48.0 Å². The van der Waals surface area contributed by atoms with Crippen LogP contribution in [0.25, 0.3) is 0 Å². The highest BCUT2D eigenvalue weighted by molar-refractivity contribution is 6.30. The molecule has 28 heavy (non-hydrogen) atoms. The van der Waals surface area contributed by atoms with Gasteiger partial charge in [0.25, 0.3) is 11.8 Å². The molecule has 6 heteroatoms. The van der Waals surface area contributed by atoms with E-state index in [1.54, 1.807) is 47.4 Å². The molecule has 3 aromatic rings. The maximum absolute atomic E-state index is 12.6. The van der Waals surface area contributed by atoms with Crippen LogP contribution in [0.15, 0.2) is 72.8 Å². The molecular formula is C22H17ClN2O3. The zero-order valence-electron chi connectivity index (χ0n) is 14.9. The SMILES string of the molecule is O=C(Nc1ccc(Cl)cc1)c1ccc2c(c1)N(Cc1ccccc1)C(=O)CO2. The van der Waals surface area contributed by atoms with E-state index in [4.69, 9.17) is 16.3 Å². The molecule has 1 N–H and O–H groups in total. The van der Waals surface area contributed by atoms with Crippen LogP contribution in [0, 0.1) is 0 Å². The van der Waals surface area contributed by atoms with Gasteiger partial charge in [0.15, 0.2) is 6.61 Å². The van der Waals surface area contributed by atoms with E-state index in [-0.39, 0.29) is 18.4 Å². The molecule has 0 aliphatic carbocycles. The largest absolute Gasteiger partial charge is 0.482 e. The van der Waals surface area contributed by atoms with Crippen LogP contribution in [0.1, 0.15) is 15.9 Å². The van der Waals surface area contributed by atoms with E-state index >= 15 is 0 Å². The molecule has 140 valence electrons. The van der Waals surface area contributed by atoms with Crippen LogP contribution in [0.2, 0.25) is 5.02 Å². The lowest BCUT2D eigenvalue weighted by Gasteiger charge is -2.29. The lowest BCUT2D eigenvalue weighted by Crippen LogP contribution is -2.38. The number of benzene rings is 3. The van der Waals surface area contributed by atoms with Crippen LogP contribution in [0.5, 0.6) is 5.75 Å². The number of rotatable bonds is 4. The number of carbonyl (C=O) groups is 2. The first-order valence-corrected chi connectivity index (χ1v) is 9.16.